The number of carbonyl (C=O) groups is 3. The van der Waals surface area contributed by atoms with E-state index in [1.807, 2.05) is 0 Å². The van der Waals surface area contributed by atoms with Gasteiger partial charge < -0.3 is 14.8 Å². The molecule has 146 valence electrons. The van der Waals surface area contributed by atoms with Gasteiger partial charge in [0.05, 0.1) is 35.9 Å². The summed E-state index contributed by atoms with van der Waals surface area (Å²) in [6, 6.07) is 9.18. The van der Waals surface area contributed by atoms with Crippen molar-refractivity contribution in [2.75, 3.05) is 19.5 Å². The van der Waals surface area contributed by atoms with Crippen LogP contribution in [0.3, 0.4) is 0 Å². The first-order valence-corrected chi connectivity index (χ1v) is 9.50. The Balaban J connectivity index is 2.22. The number of esters is 2. The van der Waals surface area contributed by atoms with Crippen molar-refractivity contribution in [1.82, 2.24) is 5.32 Å². The largest absolute Gasteiger partial charge is 0.465 e. The molecule has 0 saturated carbocycles. The number of methoxy groups -OCH3 is 2. The fraction of sp³-hybridized carbons (Fsp3) is 0.111. The van der Waals surface area contributed by atoms with Gasteiger partial charge in [-0.25, -0.2) is 9.59 Å². The highest BCUT2D eigenvalue weighted by Gasteiger charge is 2.16. The quantitative estimate of drug-likeness (QED) is 0.353. The van der Waals surface area contributed by atoms with E-state index in [-0.39, 0.29) is 26.8 Å². The molecule has 0 atom stereocenters. The van der Waals surface area contributed by atoms with E-state index in [0.29, 0.717) is 5.69 Å². The lowest BCUT2D eigenvalue weighted by Gasteiger charge is -2.12. The van der Waals surface area contributed by atoms with Gasteiger partial charge in [0.1, 0.15) is 0 Å². The molecule has 28 heavy (non-hydrogen) atoms. The molecule has 0 unspecified atom stereocenters. The summed E-state index contributed by atoms with van der Waals surface area (Å²) in [5.41, 5.74) is 0.781. The molecule has 0 aromatic heterocycles. The van der Waals surface area contributed by atoms with Gasteiger partial charge in [-0.05, 0) is 71.2 Å². The van der Waals surface area contributed by atoms with Crippen molar-refractivity contribution >= 4 is 75.1 Å². The Morgan fingerprint density at radius 1 is 1.00 bits per heavy atom. The van der Waals surface area contributed by atoms with Gasteiger partial charge in [0.15, 0.2) is 5.11 Å². The van der Waals surface area contributed by atoms with Gasteiger partial charge in [0.2, 0.25) is 0 Å². The van der Waals surface area contributed by atoms with Crippen molar-refractivity contribution in [3.05, 3.63) is 61.7 Å². The molecule has 0 radical (unpaired) electrons. The monoisotopic (exact) mass is 532 g/mol. The average molecular weight is 533 g/mol. The summed E-state index contributed by atoms with van der Waals surface area (Å²) in [7, 11) is 2.44. The predicted octanol–water partition coefficient (Wildman–Crippen LogP) is 3.64. The summed E-state index contributed by atoms with van der Waals surface area (Å²) in [5, 5.41) is 5.49. The summed E-state index contributed by atoms with van der Waals surface area (Å²) in [4.78, 5) is 36.0. The van der Waals surface area contributed by atoms with Crippen molar-refractivity contribution in [3.63, 3.8) is 0 Å². The van der Waals surface area contributed by atoms with E-state index in [9.17, 15) is 14.4 Å². The van der Waals surface area contributed by atoms with Crippen molar-refractivity contribution < 1.29 is 23.9 Å². The van der Waals surface area contributed by atoms with Gasteiger partial charge in [-0.1, -0.05) is 11.6 Å². The second kappa shape index (κ2) is 9.80. The van der Waals surface area contributed by atoms with Crippen LogP contribution in [0.5, 0.6) is 0 Å². The number of rotatable bonds is 4. The van der Waals surface area contributed by atoms with E-state index in [2.05, 4.69) is 42.7 Å². The van der Waals surface area contributed by atoms with Crippen LogP contribution in [0.4, 0.5) is 5.69 Å². The molecule has 0 fully saturated rings. The topological polar surface area (TPSA) is 93.7 Å². The Bertz CT molecular complexity index is 933. The van der Waals surface area contributed by atoms with Gasteiger partial charge in [0.25, 0.3) is 5.91 Å². The Morgan fingerprint density at radius 2 is 1.57 bits per heavy atom. The number of hydrogen-bond donors (Lipinski definition) is 2. The lowest BCUT2D eigenvalue weighted by molar-refractivity contribution is 0.0599. The zero-order valence-corrected chi connectivity index (χ0v) is 18.4. The minimum Gasteiger partial charge on any atom is -0.465 e. The fourth-order valence-corrected chi connectivity index (χ4v) is 3.08. The lowest BCUT2D eigenvalue weighted by Crippen LogP contribution is -2.34. The van der Waals surface area contributed by atoms with E-state index in [1.54, 1.807) is 18.2 Å². The van der Waals surface area contributed by atoms with Crippen molar-refractivity contribution in [2.45, 2.75) is 0 Å². The van der Waals surface area contributed by atoms with Crippen LogP contribution in [-0.4, -0.2) is 37.2 Å². The second-order valence-corrected chi connectivity index (χ2v) is 7.38. The smallest absolute Gasteiger partial charge is 0.337 e. The predicted molar refractivity (Wildman–Crippen MR) is 117 cm³/mol. The van der Waals surface area contributed by atoms with E-state index in [0.717, 1.165) is 3.57 Å². The first-order valence-electron chi connectivity index (χ1n) is 7.64. The Kier molecular flexibility index (Phi) is 7.72. The van der Waals surface area contributed by atoms with Crippen LogP contribution < -0.4 is 10.6 Å². The Morgan fingerprint density at radius 3 is 2.11 bits per heavy atom. The fourth-order valence-electron chi connectivity index (χ4n) is 2.18. The minimum absolute atomic E-state index is 0.0437. The maximum Gasteiger partial charge on any atom is 0.337 e. The molecule has 1 amide bonds. The highest BCUT2D eigenvalue weighted by molar-refractivity contribution is 14.1. The molecule has 0 aliphatic carbocycles. The molecule has 0 bridgehead atoms. The summed E-state index contributed by atoms with van der Waals surface area (Å²) in [6.45, 7) is 0. The number of anilines is 1. The third-order valence-electron chi connectivity index (χ3n) is 3.43. The molecule has 10 heteroatoms. The van der Waals surface area contributed by atoms with Gasteiger partial charge in [-0.15, -0.1) is 0 Å². The number of ether oxygens (including phenoxy) is 2. The van der Waals surface area contributed by atoms with Crippen LogP contribution in [-0.2, 0) is 9.47 Å². The zero-order chi connectivity index (χ0) is 20.8. The minimum atomic E-state index is -0.644. The summed E-state index contributed by atoms with van der Waals surface area (Å²) >= 11 is 13.2. The summed E-state index contributed by atoms with van der Waals surface area (Å²) < 4.78 is 10.2. The van der Waals surface area contributed by atoms with Crippen LogP contribution in [0, 0.1) is 3.57 Å². The molecule has 0 aliphatic heterocycles. The third kappa shape index (κ3) is 5.63. The molecule has 2 aromatic rings. The molecular formula is C18H14ClIN2O5S. The van der Waals surface area contributed by atoms with E-state index < -0.39 is 17.8 Å². The van der Waals surface area contributed by atoms with Crippen LogP contribution in [0.15, 0.2) is 36.4 Å². The molecule has 2 rings (SSSR count). The van der Waals surface area contributed by atoms with Crippen molar-refractivity contribution in [3.8, 4) is 0 Å². The van der Waals surface area contributed by atoms with Crippen LogP contribution in [0.1, 0.15) is 31.1 Å². The van der Waals surface area contributed by atoms with E-state index >= 15 is 0 Å². The standard InChI is InChI=1S/C18H14ClIN2O5S/c1-26-16(24)9-5-10(17(25)27-2)7-12(6-9)21-18(28)22-15(23)13-8-11(20)3-4-14(13)19/h3-8H,1-2H3,(H2,21,22,23,28). The molecule has 7 nitrogen and oxygen atoms in total. The number of benzene rings is 2. The van der Waals surface area contributed by atoms with Gasteiger partial charge in [0, 0.05) is 9.26 Å². The zero-order valence-electron chi connectivity index (χ0n) is 14.7. The Labute approximate surface area is 184 Å². The molecule has 2 N–H and O–H groups in total. The summed E-state index contributed by atoms with van der Waals surface area (Å²) in [6.07, 6.45) is 0. The molecule has 2 aromatic carbocycles. The maximum absolute atomic E-state index is 12.4. The highest BCUT2D eigenvalue weighted by Crippen LogP contribution is 2.19. The van der Waals surface area contributed by atoms with E-state index in [4.69, 9.17) is 23.8 Å². The lowest BCUT2D eigenvalue weighted by atomic mass is 10.1. The van der Waals surface area contributed by atoms with Gasteiger partial charge >= 0.3 is 11.9 Å². The van der Waals surface area contributed by atoms with Crippen molar-refractivity contribution in [2.24, 2.45) is 0 Å². The van der Waals surface area contributed by atoms with Crippen LogP contribution in [0.2, 0.25) is 5.02 Å². The molecular weight excluding hydrogens is 519 g/mol. The van der Waals surface area contributed by atoms with Crippen molar-refractivity contribution in [1.29, 1.82) is 0 Å². The number of hydrogen-bond acceptors (Lipinski definition) is 6. The molecule has 0 saturated heterocycles. The number of thiocarbonyl (C=S) groups is 1. The Hall–Kier alpha value is -2.24. The van der Waals surface area contributed by atoms with Gasteiger partial charge in [-0.3, -0.25) is 10.1 Å². The molecule has 0 aliphatic rings. The average Bonchev–Trinajstić information content (AvgIpc) is 2.67. The van der Waals surface area contributed by atoms with Crippen LogP contribution >= 0.6 is 46.4 Å². The number of nitrogens with one attached hydrogen (secondary N) is 2. The van der Waals surface area contributed by atoms with E-state index in [1.165, 1.54) is 32.4 Å². The SMILES string of the molecule is COC(=O)c1cc(NC(=S)NC(=O)c2cc(I)ccc2Cl)cc(C(=O)OC)c1. The number of amides is 1. The third-order valence-corrected chi connectivity index (χ3v) is 4.64. The van der Waals surface area contributed by atoms with Crippen LogP contribution in [0.25, 0.3) is 0 Å². The number of halogens is 2. The second-order valence-electron chi connectivity index (χ2n) is 5.31. The highest BCUT2D eigenvalue weighted by atomic mass is 127. The normalized spacial score (nSPS) is 10.0. The molecule has 0 heterocycles. The van der Waals surface area contributed by atoms with Gasteiger partial charge in [-0.2, -0.15) is 0 Å². The summed E-state index contributed by atoms with van der Waals surface area (Å²) in [5.74, 6) is -1.79. The number of carbonyl (C=O) groups excluding carboxylic acids is 3. The first-order chi connectivity index (χ1) is 13.2. The maximum atomic E-state index is 12.4. The molecule has 0 spiro atoms. The first kappa shape index (κ1) is 22.1.